The van der Waals surface area contributed by atoms with Gasteiger partial charge in [-0.15, -0.1) is 0 Å². The second-order valence-electron chi connectivity index (χ2n) is 5.90. The zero-order valence-electron chi connectivity index (χ0n) is 13.1. The van der Waals surface area contributed by atoms with Crippen LogP contribution in [0, 0.1) is 0 Å². The first kappa shape index (κ1) is 15.7. The van der Waals surface area contributed by atoms with E-state index in [-0.39, 0.29) is 11.9 Å². The monoisotopic (exact) mass is 290 g/mol. The van der Waals surface area contributed by atoms with Gasteiger partial charge in [0.25, 0.3) is 5.91 Å². The van der Waals surface area contributed by atoms with Crippen molar-refractivity contribution in [1.82, 2.24) is 15.3 Å². The molecule has 116 valence electrons. The van der Waals surface area contributed by atoms with Crippen molar-refractivity contribution >= 4 is 11.7 Å². The molecule has 1 unspecified atom stereocenters. The fourth-order valence-corrected chi connectivity index (χ4v) is 2.55. The first-order chi connectivity index (χ1) is 10.2. The summed E-state index contributed by atoms with van der Waals surface area (Å²) in [5.41, 5.74) is 0.377. The van der Waals surface area contributed by atoms with Crippen LogP contribution >= 0.6 is 0 Å². The predicted octanol–water partition coefficient (Wildman–Crippen LogP) is 3.14. The molecule has 0 saturated heterocycles. The van der Waals surface area contributed by atoms with Crippen LogP contribution in [-0.2, 0) is 0 Å². The summed E-state index contributed by atoms with van der Waals surface area (Å²) in [6.45, 7) is 4.02. The molecule has 1 saturated carbocycles. The fourth-order valence-electron chi connectivity index (χ4n) is 2.55. The zero-order valence-corrected chi connectivity index (χ0v) is 13.1. The average Bonchev–Trinajstić information content (AvgIpc) is 2.76. The number of hydrogen-bond donors (Lipinski definition) is 2. The molecule has 0 spiro atoms. The summed E-state index contributed by atoms with van der Waals surface area (Å²) in [6, 6.07) is 0.643. The lowest BCUT2D eigenvalue weighted by molar-refractivity contribution is 0.0934. The number of carbonyl (C=O) groups is 1. The van der Waals surface area contributed by atoms with Crippen LogP contribution in [-0.4, -0.2) is 28.0 Å². The molecule has 1 aromatic heterocycles. The molecule has 5 nitrogen and oxygen atoms in total. The smallest absolute Gasteiger partial charge is 0.271 e. The van der Waals surface area contributed by atoms with E-state index in [0.717, 1.165) is 12.2 Å². The number of carbonyl (C=O) groups excluding carboxylic acids is 1. The van der Waals surface area contributed by atoms with Crippen molar-refractivity contribution in [1.29, 1.82) is 0 Å². The molecule has 1 fully saturated rings. The van der Waals surface area contributed by atoms with E-state index in [9.17, 15) is 4.79 Å². The number of anilines is 1. The van der Waals surface area contributed by atoms with Gasteiger partial charge < -0.3 is 10.6 Å². The Morgan fingerprint density at radius 1 is 1.24 bits per heavy atom. The van der Waals surface area contributed by atoms with Crippen LogP contribution in [0.2, 0.25) is 0 Å². The van der Waals surface area contributed by atoms with Gasteiger partial charge in [0.2, 0.25) is 0 Å². The Morgan fingerprint density at radius 3 is 2.52 bits per heavy atom. The maximum Gasteiger partial charge on any atom is 0.271 e. The zero-order chi connectivity index (χ0) is 15.1. The number of aromatic nitrogens is 2. The molecule has 1 aliphatic rings. The third kappa shape index (κ3) is 4.99. The van der Waals surface area contributed by atoms with Crippen LogP contribution in [0.1, 0.15) is 69.3 Å². The van der Waals surface area contributed by atoms with E-state index < -0.39 is 0 Å². The van der Waals surface area contributed by atoms with Gasteiger partial charge in [0.05, 0.1) is 12.4 Å². The Balaban J connectivity index is 1.90. The lowest BCUT2D eigenvalue weighted by atomic mass is 10.1. The number of nitrogens with zero attached hydrogens (tertiary/aromatic N) is 2. The van der Waals surface area contributed by atoms with E-state index in [2.05, 4.69) is 20.6 Å². The van der Waals surface area contributed by atoms with E-state index in [4.69, 9.17) is 0 Å². The minimum Gasteiger partial charge on any atom is -0.366 e. The van der Waals surface area contributed by atoms with Crippen LogP contribution in [0.25, 0.3) is 0 Å². The highest BCUT2D eigenvalue weighted by atomic mass is 16.1. The van der Waals surface area contributed by atoms with Crippen molar-refractivity contribution in [2.45, 2.75) is 70.9 Å². The van der Waals surface area contributed by atoms with Crippen LogP contribution in [0.15, 0.2) is 12.4 Å². The maximum absolute atomic E-state index is 11.9. The van der Waals surface area contributed by atoms with Gasteiger partial charge in [-0.05, 0) is 26.2 Å². The van der Waals surface area contributed by atoms with E-state index in [0.29, 0.717) is 11.7 Å². The highest BCUT2D eigenvalue weighted by Gasteiger charge is 2.14. The first-order valence-corrected chi connectivity index (χ1v) is 8.08. The van der Waals surface area contributed by atoms with E-state index in [1.165, 1.54) is 38.5 Å². The Bertz CT molecular complexity index is 438. The summed E-state index contributed by atoms with van der Waals surface area (Å²) >= 11 is 0. The Labute approximate surface area is 127 Å². The highest BCUT2D eigenvalue weighted by molar-refractivity contribution is 5.92. The minimum absolute atomic E-state index is 0.155. The van der Waals surface area contributed by atoms with Crippen molar-refractivity contribution in [3.63, 3.8) is 0 Å². The van der Waals surface area contributed by atoms with Crippen molar-refractivity contribution in [2.24, 2.45) is 0 Å². The maximum atomic E-state index is 11.9. The molecule has 2 rings (SSSR count). The molecule has 1 aliphatic carbocycles. The van der Waals surface area contributed by atoms with Gasteiger partial charge >= 0.3 is 0 Å². The molecular weight excluding hydrogens is 264 g/mol. The molecule has 1 aromatic rings. The molecule has 0 radical (unpaired) electrons. The molecule has 21 heavy (non-hydrogen) atoms. The molecular formula is C16H26N4O. The van der Waals surface area contributed by atoms with Gasteiger partial charge in [-0.2, -0.15) is 0 Å². The lowest BCUT2D eigenvalue weighted by Gasteiger charge is -2.16. The van der Waals surface area contributed by atoms with Crippen LogP contribution in [0.3, 0.4) is 0 Å². The highest BCUT2D eigenvalue weighted by Crippen LogP contribution is 2.19. The van der Waals surface area contributed by atoms with E-state index in [1.807, 2.05) is 13.8 Å². The Morgan fingerprint density at radius 2 is 1.95 bits per heavy atom. The Hall–Kier alpha value is -1.65. The number of nitrogens with one attached hydrogen (secondary N) is 2. The largest absolute Gasteiger partial charge is 0.366 e. The molecule has 1 atom stereocenters. The molecule has 0 aromatic carbocycles. The molecule has 0 bridgehead atoms. The first-order valence-electron chi connectivity index (χ1n) is 8.08. The van der Waals surface area contributed by atoms with Crippen LogP contribution in [0.5, 0.6) is 0 Å². The summed E-state index contributed by atoms with van der Waals surface area (Å²) < 4.78 is 0. The van der Waals surface area contributed by atoms with Crippen molar-refractivity contribution in [3.05, 3.63) is 18.1 Å². The quantitative estimate of drug-likeness (QED) is 0.818. The number of rotatable bonds is 5. The summed E-state index contributed by atoms with van der Waals surface area (Å²) in [7, 11) is 0. The van der Waals surface area contributed by atoms with Gasteiger partial charge in [0, 0.05) is 12.1 Å². The van der Waals surface area contributed by atoms with Crippen LogP contribution < -0.4 is 10.6 Å². The molecule has 1 heterocycles. The average molecular weight is 290 g/mol. The van der Waals surface area contributed by atoms with E-state index >= 15 is 0 Å². The van der Waals surface area contributed by atoms with Gasteiger partial charge in [0.15, 0.2) is 0 Å². The molecule has 1 amide bonds. The third-order valence-electron chi connectivity index (χ3n) is 4.08. The lowest BCUT2D eigenvalue weighted by Crippen LogP contribution is -2.32. The molecule has 5 heteroatoms. The van der Waals surface area contributed by atoms with Crippen LogP contribution in [0.4, 0.5) is 5.82 Å². The van der Waals surface area contributed by atoms with Crippen molar-refractivity contribution in [3.8, 4) is 0 Å². The van der Waals surface area contributed by atoms with Crippen molar-refractivity contribution < 1.29 is 4.79 Å². The second kappa shape index (κ2) is 7.96. The third-order valence-corrected chi connectivity index (χ3v) is 4.08. The summed E-state index contributed by atoms with van der Waals surface area (Å²) in [4.78, 5) is 20.5. The predicted molar refractivity (Wildman–Crippen MR) is 84.4 cm³/mol. The minimum atomic E-state index is -0.155. The SMILES string of the molecule is CCC(C)NC(=O)c1cnc(NC2CCCCCC2)cn1. The second-order valence-corrected chi connectivity index (χ2v) is 5.90. The normalized spacial score (nSPS) is 17.8. The van der Waals surface area contributed by atoms with E-state index in [1.54, 1.807) is 12.4 Å². The van der Waals surface area contributed by atoms with Gasteiger partial charge in [0.1, 0.15) is 11.5 Å². The summed E-state index contributed by atoms with van der Waals surface area (Å²) in [6.07, 6.45) is 11.7. The topological polar surface area (TPSA) is 66.9 Å². The fraction of sp³-hybridized carbons (Fsp3) is 0.688. The van der Waals surface area contributed by atoms with Gasteiger partial charge in [-0.3, -0.25) is 4.79 Å². The summed E-state index contributed by atoms with van der Waals surface area (Å²) in [5, 5.41) is 6.33. The Kier molecular flexibility index (Phi) is 5.96. The molecule has 2 N–H and O–H groups in total. The summed E-state index contributed by atoms with van der Waals surface area (Å²) in [5.74, 6) is 0.611. The molecule has 0 aliphatic heterocycles. The van der Waals surface area contributed by atoms with Gasteiger partial charge in [-0.25, -0.2) is 9.97 Å². The standard InChI is InChI=1S/C16H26N4O/c1-3-12(2)19-16(21)14-10-18-15(11-17-14)20-13-8-6-4-5-7-9-13/h10-13H,3-9H2,1-2H3,(H,18,20)(H,19,21). The van der Waals surface area contributed by atoms with Gasteiger partial charge in [-0.1, -0.05) is 32.6 Å². The van der Waals surface area contributed by atoms with Crippen molar-refractivity contribution in [2.75, 3.05) is 5.32 Å². The number of hydrogen-bond acceptors (Lipinski definition) is 4. The number of amides is 1.